The molecule has 5 heteroatoms. The van der Waals surface area contributed by atoms with Gasteiger partial charge in [0, 0.05) is 30.4 Å². The quantitative estimate of drug-likeness (QED) is 0.940. The van der Waals surface area contributed by atoms with E-state index >= 15 is 0 Å². The van der Waals surface area contributed by atoms with E-state index in [1.165, 1.54) is 5.56 Å². The van der Waals surface area contributed by atoms with Gasteiger partial charge >= 0.3 is 0 Å². The van der Waals surface area contributed by atoms with Crippen molar-refractivity contribution in [2.45, 2.75) is 19.5 Å². The number of nitrogens with zero attached hydrogens (tertiary/aromatic N) is 2. The summed E-state index contributed by atoms with van der Waals surface area (Å²) in [5, 5.41) is 5.00. The molecule has 1 amide bonds. The zero-order valence-corrected chi connectivity index (χ0v) is 12.2. The number of thiophene rings is 1. The lowest BCUT2D eigenvalue weighted by Gasteiger charge is -2.25. The summed E-state index contributed by atoms with van der Waals surface area (Å²) in [4.78, 5) is 20.0. The number of carbonyl (C=O) groups excluding carboxylic acids is 1. The highest BCUT2D eigenvalue weighted by Gasteiger charge is 2.20. The second-order valence-corrected chi connectivity index (χ2v) is 6.11. The van der Waals surface area contributed by atoms with Crippen LogP contribution in [-0.2, 0) is 19.5 Å². The highest BCUT2D eigenvalue weighted by molar-refractivity contribution is 7.09. The molecule has 0 radical (unpaired) electrons. The number of hydrogen-bond donors (Lipinski definition) is 1. The van der Waals surface area contributed by atoms with Gasteiger partial charge in [-0.1, -0.05) is 6.07 Å². The van der Waals surface area contributed by atoms with Gasteiger partial charge in [-0.3, -0.25) is 9.78 Å². The van der Waals surface area contributed by atoms with Gasteiger partial charge in [-0.2, -0.15) is 0 Å². The van der Waals surface area contributed by atoms with E-state index in [-0.39, 0.29) is 5.91 Å². The molecule has 4 nitrogen and oxygen atoms in total. The van der Waals surface area contributed by atoms with Gasteiger partial charge in [-0.25, -0.2) is 0 Å². The van der Waals surface area contributed by atoms with Gasteiger partial charge in [0.1, 0.15) is 0 Å². The van der Waals surface area contributed by atoms with E-state index in [2.05, 4.69) is 22.2 Å². The lowest BCUT2D eigenvalue weighted by Crippen LogP contribution is -2.30. The molecule has 20 heavy (non-hydrogen) atoms. The SMILES string of the molecule is CN1CCc2c(cncc2C(=O)NCc2cccs2)C1. The zero-order valence-electron chi connectivity index (χ0n) is 11.4. The molecule has 0 saturated heterocycles. The van der Waals surface area contributed by atoms with E-state index in [9.17, 15) is 4.79 Å². The minimum Gasteiger partial charge on any atom is -0.347 e. The Kier molecular flexibility index (Phi) is 3.80. The third-order valence-corrected chi connectivity index (χ3v) is 4.45. The lowest BCUT2D eigenvalue weighted by atomic mass is 9.97. The van der Waals surface area contributed by atoms with Gasteiger partial charge in [0.25, 0.3) is 5.91 Å². The molecular weight excluding hydrogens is 270 g/mol. The summed E-state index contributed by atoms with van der Waals surface area (Å²) in [6.45, 7) is 2.44. The maximum Gasteiger partial charge on any atom is 0.253 e. The molecule has 0 spiro atoms. The molecule has 2 aromatic heterocycles. The van der Waals surface area contributed by atoms with Gasteiger partial charge in [-0.15, -0.1) is 11.3 Å². The smallest absolute Gasteiger partial charge is 0.253 e. The number of carbonyl (C=O) groups is 1. The van der Waals surface area contributed by atoms with Crippen LogP contribution in [0.5, 0.6) is 0 Å². The second-order valence-electron chi connectivity index (χ2n) is 5.07. The van der Waals surface area contributed by atoms with E-state index in [4.69, 9.17) is 0 Å². The molecule has 3 rings (SSSR count). The topological polar surface area (TPSA) is 45.2 Å². The normalized spacial score (nSPS) is 14.8. The van der Waals surface area contributed by atoms with Crippen LogP contribution in [0, 0.1) is 0 Å². The van der Waals surface area contributed by atoms with Crippen molar-refractivity contribution in [1.82, 2.24) is 15.2 Å². The summed E-state index contributed by atoms with van der Waals surface area (Å²) >= 11 is 1.65. The Morgan fingerprint density at radius 1 is 1.50 bits per heavy atom. The van der Waals surface area contributed by atoms with Crippen molar-refractivity contribution >= 4 is 17.2 Å². The Bertz CT molecular complexity index is 610. The van der Waals surface area contributed by atoms with Gasteiger partial charge in [0.2, 0.25) is 0 Å². The minimum absolute atomic E-state index is 0.0210. The van der Waals surface area contributed by atoms with Gasteiger partial charge in [0.15, 0.2) is 0 Å². The number of rotatable bonds is 3. The largest absolute Gasteiger partial charge is 0.347 e. The Labute approximate surface area is 122 Å². The monoisotopic (exact) mass is 287 g/mol. The maximum atomic E-state index is 12.3. The van der Waals surface area contributed by atoms with Crippen LogP contribution in [0.4, 0.5) is 0 Å². The molecule has 0 aromatic carbocycles. The fourth-order valence-corrected chi connectivity index (χ4v) is 3.15. The van der Waals surface area contributed by atoms with E-state index in [0.29, 0.717) is 6.54 Å². The highest BCUT2D eigenvalue weighted by Crippen LogP contribution is 2.20. The number of amides is 1. The summed E-state index contributed by atoms with van der Waals surface area (Å²) in [6.07, 6.45) is 4.48. The van der Waals surface area contributed by atoms with E-state index in [0.717, 1.165) is 35.5 Å². The molecule has 3 heterocycles. The molecular formula is C15H17N3OS. The third-order valence-electron chi connectivity index (χ3n) is 3.58. The first-order chi connectivity index (χ1) is 9.74. The van der Waals surface area contributed by atoms with Crippen molar-refractivity contribution < 1.29 is 4.79 Å². The molecule has 1 aliphatic heterocycles. The molecule has 104 valence electrons. The Morgan fingerprint density at radius 3 is 3.20 bits per heavy atom. The van der Waals surface area contributed by atoms with Crippen LogP contribution in [0.1, 0.15) is 26.4 Å². The highest BCUT2D eigenvalue weighted by atomic mass is 32.1. The second kappa shape index (κ2) is 5.73. The molecule has 0 bridgehead atoms. The summed E-state index contributed by atoms with van der Waals surface area (Å²) in [7, 11) is 2.09. The summed E-state index contributed by atoms with van der Waals surface area (Å²) in [6, 6.07) is 4.02. The number of likely N-dealkylation sites (N-methyl/N-ethyl adjacent to an activating group) is 1. The van der Waals surface area contributed by atoms with Crippen LogP contribution in [0.2, 0.25) is 0 Å². The predicted molar refractivity (Wildman–Crippen MR) is 79.8 cm³/mol. The number of aromatic nitrogens is 1. The van der Waals surface area contributed by atoms with Crippen LogP contribution in [0.25, 0.3) is 0 Å². The Morgan fingerprint density at radius 2 is 2.40 bits per heavy atom. The molecule has 0 aliphatic carbocycles. The molecule has 0 atom stereocenters. The lowest BCUT2D eigenvalue weighted by molar-refractivity contribution is 0.0949. The Balaban J connectivity index is 1.76. The van der Waals surface area contributed by atoms with Crippen LogP contribution >= 0.6 is 11.3 Å². The minimum atomic E-state index is -0.0210. The fourth-order valence-electron chi connectivity index (χ4n) is 2.51. The number of hydrogen-bond acceptors (Lipinski definition) is 4. The molecule has 2 aromatic rings. The van der Waals surface area contributed by atoms with Crippen molar-refractivity contribution in [3.05, 3.63) is 51.5 Å². The van der Waals surface area contributed by atoms with Crippen molar-refractivity contribution in [2.75, 3.05) is 13.6 Å². The third kappa shape index (κ3) is 2.73. The van der Waals surface area contributed by atoms with Crippen molar-refractivity contribution in [1.29, 1.82) is 0 Å². The molecule has 0 unspecified atom stereocenters. The van der Waals surface area contributed by atoms with Crippen LogP contribution in [0.3, 0.4) is 0 Å². The Hall–Kier alpha value is -1.72. The van der Waals surface area contributed by atoms with E-state index in [1.807, 2.05) is 23.7 Å². The van der Waals surface area contributed by atoms with E-state index < -0.39 is 0 Å². The molecule has 1 aliphatic rings. The molecule has 1 N–H and O–H groups in total. The molecule has 0 saturated carbocycles. The van der Waals surface area contributed by atoms with Gasteiger partial charge in [-0.05, 0) is 36.0 Å². The number of nitrogens with one attached hydrogen (secondary N) is 1. The van der Waals surface area contributed by atoms with Crippen molar-refractivity contribution in [2.24, 2.45) is 0 Å². The standard InChI is InChI=1S/C15H17N3OS/c1-18-5-4-13-11(10-18)7-16-9-14(13)15(19)17-8-12-3-2-6-20-12/h2-3,6-7,9H,4-5,8,10H2,1H3,(H,17,19). The first-order valence-corrected chi connectivity index (χ1v) is 7.57. The predicted octanol–water partition coefficient (Wildman–Crippen LogP) is 2.06. The van der Waals surface area contributed by atoms with Crippen molar-refractivity contribution in [3.8, 4) is 0 Å². The van der Waals surface area contributed by atoms with Crippen LogP contribution in [-0.4, -0.2) is 29.4 Å². The number of pyridine rings is 1. The maximum absolute atomic E-state index is 12.3. The molecule has 0 fully saturated rings. The van der Waals surface area contributed by atoms with Gasteiger partial charge < -0.3 is 10.2 Å². The first-order valence-electron chi connectivity index (χ1n) is 6.69. The average molecular weight is 287 g/mol. The van der Waals surface area contributed by atoms with Gasteiger partial charge in [0.05, 0.1) is 12.1 Å². The van der Waals surface area contributed by atoms with Crippen molar-refractivity contribution in [3.63, 3.8) is 0 Å². The number of fused-ring (bicyclic) bond motifs is 1. The van der Waals surface area contributed by atoms with Crippen LogP contribution < -0.4 is 5.32 Å². The van der Waals surface area contributed by atoms with E-state index in [1.54, 1.807) is 17.5 Å². The van der Waals surface area contributed by atoms with Crippen LogP contribution in [0.15, 0.2) is 29.9 Å². The summed E-state index contributed by atoms with van der Waals surface area (Å²) < 4.78 is 0. The average Bonchev–Trinajstić information content (AvgIpc) is 2.97. The summed E-state index contributed by atoms with van der Waals surface area (Å²) in [5.41, 5.74) is 3.05. The first kappa shape index (κ1) is 13.3. The fraction of sp³-hybridized carbons (Fsp3) is 0.333. The zero-order chi connectivity index (χ0) is 13.9. The summed E-state index contributed by atoms with van der Waals surface area (Å²) in [5.74, 6) is -0.0210.